The largest absolute Gasteiger partial charge is 0.304 e. The Morgan fingerprint density at radius 1 is 1.24 bits per heavy atom. The fraction of sp³-hybridized carbons (Fsp3) is 0.875. The molecule has 2 atom stereocenters. The molecular weight excluding hydrogens is 266 g/mol. The Balaban J connectivity index is 1.51. The number of nitrogens with one attached hydrogen (secondary N) is 1. The standard InChI is InChI=1S/C16H27N3O2/c1-11(18(2)12-7-8-12)10-17-14-9-15(20)19(16(14)21)13-5-3-4-6-13/h11-14,17H,3-10H2,1-2H3. The van der Waals surface area contributed by atoms with E-state index in [1.165, 1.54) is 12.8 Å². The zero-order valence-corrected chi connectivity index (χ0v) is 13.2. The summed E-state index contributed by atoms with van der Waals surface area (Å²) in [6.45, 7) is 2.95. The predicted octanol–water partition coefficient (Wildman–Crippen LogP) is 1.13. The number of carbonyl (C=O) groups excluding carboxylic acids is 2. The van der Waals surface area contributed by atoms with E-state index < -0.39 is 0 Å². The summed E-state index contributed by atoms with van der Waals surface area (Å²) in [5.41, 5.74) is 0. The van der Waals surface area contributed by atoms with Gasteiger partial charge in [-0.2, -0.15) is 0 Å². The number of likely N-dealkylation sites (tertiary alicyclic amines) is 1. The lowest BCUT2D eigenvalue weighted by atomic mass is 10.2. The van der Waals surface area contributed by atoms with Crippen LogP contribution >= 0.6 is 0 Å². The SMILES string of the molecule is CC(CNC1CC(=O)N(C2CCCC2)C1=O)N(C)C1CC1. The molecule has 0 aromatic rings. The molecule has 5 nitrogen and oxygen atoms in total. The molecule has 2 aliphatic carbocycles. The monoisotopic (exact) mass is 293 g/mol. The number of amides is 2. The highest BCUT2D eigenvalue weighted by Crippen LogP contribution is 2.29. The quantitative estimate of drug-likeness (QED) is 0.746. The van der Waals surface area contributed by atoms with Crippen LogP contribution in [0.5, 0.6) is 0 Å². The first-order valence-corrected chi connectivity index (χ1v) is 8.39. The smallest absolute Gasteiger partial charge is 0.247 e. The molecule has 0 aromatic carbocycles. The zero-order chi connectivity index (χ0) is 15.0. The van der Waals surface area contributed by atoms with E-state index in [1.54, 1.807) is 4.90 Å². The van der Waals surface area contributed by atoms with Crippen LogP contribution in [0.3, 0.4) is 0 Å². The van der Waals surface area contributed by atoms with E-state index in [0.717, 1.165) is 38.3 Å². The lowest BCUT2D eigenvalue weighted by Gasteiger charge is -2.26. The van der Waals surface area contributed by atoms with Crippen LogP contribution in [0.1, 0.15) is 51.9 Å². The van der Waals surface area contributed by atoms with Gasteiger partial charge in [-0.15, -0.1) is 0 Å². The topological polar surface area (TPSA) is 52.7 Å². The van der Waals surface area contributed by atoms with E-state index in [2.05, 4.69) is 24.2 Å². The minimum atomic E-state index is -0.298. The fourth-order valence-electron chi connectivity index (χ4n) is 3.66. The van der Waals surface area contributed by atoms with Crippen molar-refractivity contribution in [2.45, 2.75) is 76.0 Å². The maximum absolute atomic E-state index is 12.5. The molecule has 2 saturated carbocycles. The maximum atomic E-state index is 12.5. The van der Waals surface area contributed by atoms with Crippen LogP contribution in [0.2, 0.25) is 0 Å². The Morgan fingerprint density at radius 3 is 2.52 bits per heavy atom. The molecule has 1 N–H and O–H groups in total. The average Bonchev–Trinajstić information content (AvgIpc) is 3.11. The number of carbonyl (C=O) groups is 2. The fourth-order valence-corrected chi connectivity index (χ4v) is 3.66. The van der Waals surface area contributed by atoms with Crippen LogP contribution in [0.15, 0.2) is 0 Å². The molecule has 0 spiro atoms. The molecule has 3 aliphatic rings. The van der Waals surface area contributed by atoms with Gasteiger partial charge in [0.25, 0.3) is 0 Å². The molecule has 0 aromatic heterocycles. The Labute approximate surface area is 127 Å². The second kappa shape index (κ2) is 6.05. The highest BCUT2D eigenvalue weighted by Gasteiger charge is 2.43. The normalized spacial score (nSPS) is 28.9. The third-order valence-corrected chi connectivity index (χ3v) is 5.35. The van der Waals surface area contributed by atoms with Gasteiger partial charge in [0, 0.05) is 24.7 Å². The van der Waals surface area contributed by atoms with Gasteiger partial charge in [0.05, 0.1) is 12.5 Å². The van der Waals surface area contributed by atoms with Crippen molar-refractivity contribution in [3.8, 4) is 0 Å². The van der Waals surface area contributed by atoms with Crippen molar-refractivity contribution >= 4 is 11.8 Å². The summed E-state index contributed by atoms with van der Waals surface area (Å²) in [6.07, 6.45) is 7.19. The minimum absolute atomic E-state index is 0.00757. The summed E-state index contributed by atoms with van der Waals surface area (Å²) in [5.74, 6) is 0.0285. The number of rotatable bonds is 6. The van der Waals surface area contributed by atoms with Crippen molar-refractivity contribution in [1.82, 2.24) is 15.1 Å². The van der Waals surface area contributed by atoms with Crippen LogP contribution in [0, 0.1) is 0 Å². The number of imide groups is 1. The van der Waals surface area contributed by atoms with Gasteiger partial charge >= 0.3 is 0 Å². The van der Waals surface area contributed by atoms with Crippen molar-refractivity contribution in [2.75, 3.05) is 13.6 Å². The van der Waals surface area contributed by atoms with E-state index >= 15 is 0 Å². The molecule has 21 heavy (non-hydrogen) atoms. The van der Waals surface area contributed by atoms with E-state index in [0.29, 0.717) is 12.5 Å². The molecule has 0 bridgehead atoms. The molecule has 1 aliphatic heterocycles. The number of hydrogen-bond acceptors (Lipinski definition) is 4. The number of likely N-dealkylation sites (N-methyl/N-ethyl adjacent to an activating group) is 1. The van der Waals surface area contributed by atoms with Gasteiger partial charge < -0.3 is 5.32 Å². The summed E-state index contributed by atoms with van der Waals surface area (Å²) < 4.78 is 0. The predicted molar refractivity (Wildman–Crippen MR) is 80.8 cm³/mol. The van der Waals surface area contributed by atoms with E-state index in [4.69, 9.17) is 0 Å². The van der Waals surface area contributed by atoms with Crippen LogP contribution in [0.4, 0.5) is 0 Å². The summed E-state index contributed by atoms with van der Waals surface area (Å²) in [4.78, 5) is 28.5. The average molecular weight is 293 g/mol. The van der Waals surface area contributed by atoms with Crippen LogP contribution in [-0.2, 0) is 9.59 Å². The first kappa shape index (κ1) is 15.0. The molecule has 2 amide bonds. The highest BCUT2D eigenvalue weighted by molar-refractivity contribution is 6.05. The molecule has 5 heteroatoms. The van der Waals surface area contributed by atoms with E-state index in [9.17, 15) is 9.59 Å². The van der Waals surface area contributed by atoms with Crippen LogP contribution in [-0.4, -0.2) is 59.4 Å². The maximum Gasteiger partial charge on any atom is 0.247 e. The van der Waals surface area contributed by atoms with Crippen molar-refractivity contribution < 1.29 is 9.59 Å². The molecule has 118 valence electrons. The molecular formula is C16H27N3O2. The summed E-state index contributed by atoms with van der Waals surface area (Å²) in [6, 6.07) is 0.996. The lowest BCUT2D eigenvalue weighted by Crippen LogP contribution is -2.47. The van der Waals surface area contributed by atoms with Gasteiger partial charge in [0.15, 0.2) is 0 Å². The minimum Gasteiger partial charge on any atom is -0.304 e. The lowest BCUT2D eigenvalue weighted by molar-refractivity contribution is -0.141. The van der Waals surface area contributed by atoms with Crippen LogP contribution < -0.4 is 5.32 Å². The van der Waals surface area contributed by atoms with Crippen LogP contribution in [0.25, 0.3) is 0 Å². The van der Waals surface area contributed by atoms with E-state index in [-0.39, 0.29) is 23.9 Å². The second-order valence-electron chi connectivity index (χ2n) is 6.95. The Kier molecular flexibility index (Phi) is 4.31. The Morgan fingerprint density at radius 2 is 1.90 bits per heavy atom. The van der Waals surface area contributed by atoms with Crippen molar-refractivity contribution in [3.63, 3.8) is 0 Å². The van der Waals surface area contributed by atoms with Gasteiger partial charge in [0.1, 0.15) is 0 Å². The third kappa shape index (κ3) is 3.14. The van der Waals surface area contributed by atoms with E-state index in [1.807, 2.05) is 0 Å². The van der Waals surface area contributed by atoms with Gasteiger partial charge in [-0.1, -0.05) is 12.8 Å². The molecule has 3 fully saturated rings. The van der Waals surface area contributed by atoms with Crippen molar-refractivity contribution in [1.29, 1.82) is 0 Å². The first-order valence-electron chi connectivity index (χ1n) is 8.39. The third-order valence-electron chi connectivity index (χ3n) is 5.35. The van der Waals surface area contributed by atoms with Crippen molar-refractivity contribution in [3.05, 3.63) is 0 Å². The molecule has 1 saturated heterocycles. The Hall–Kier alpha value is -0.940. The second-order valence-corrected chi connectivity index (χ2v) is 6.95. The Bertz CT molecular complexity index is 416. The summed E-state index contributed by atoms with van der Waals surface area (Å²) in [5, 5.41) is 3.32. The number of nitrogens with zero attached hydrogens (tertiary/aromatic N) is 2. The van der Waals surface area contributed by atoms with Gasteiger partial charge in [-0.25, -0.2) is 0 Å². The summed E-state index contributed by atoms with van der Waals surface area (Å²) >= 11 is 0. The summed E-state index contributed by atoms with van der Waals surface area (Å²) in [7, 11) is 2.15. The molecule has 1 heterocycles. The van der Waals surface area contributed by atoms with Crippen molar-refractivity contribution in [2.24, 2.45) is 0 Å². The number of hydrogen-bond donors (Lipinski definition) is 1. The van der Waals surface area contributed by atoms with Gasteiger partial charge in [-0.3, -0.25) is 19.4 Å². The molecule has 0 radical (unpaired) electrons. The zero-order valence-electron chi connectivity index (χ0n) is 13.2. The van der Waals surface area contributed by atoms with Gasteiger partial charge in [0.2, 0.25) is 11.8 Å². The molecule has 2 unspecified atom stereocenters. The molecule has 3 rings (SSSR count). The first-order chi connectivity index (χ1) is 10.1. The van der Waals surface area contributed by atoms with Gasteiger partial charge in [-0.05, 0) is 39.7 Å². The highest BCUT2D eigenvalue weighted by atomic mass is 16.2.